The zero-order valence-electron chi connectivity index (χ0n) is 10.4. The van der Waals surface area contributed by atoms with Crippen LogP contribution in [0.15, 0.2) is 29.2 Å². The van der Waals surface area contributed by atoms with Gasteiger partial charge in [0.25, 0.3) is 0 Å². The van der Waals surface area contributed by atoms with Crippen LogP contribution in [0.3, 0.4) is 0 Å². The zero-order valence-corrected chi connectivity index (χ0v) is 11.2. The first-order valence-electron chi connectivity index (χ1n) is 5.94. The van der Waals surface area contributed by atoms with Crippen LogP contribution in [0.5, 0.6) is 0 Å². The molecule has 1 aromatic carbocycles. The molecule has 1 aromatic rings. The number of benzene rings is 1. The molecule has 0 radical (unpaired) electrons. The molecule has 0 heterocycles. The Morgan fingerprint density at radius 1 is 1.33 bits per heavy atom. The van der Waals surface area contributed by atoms with Gasteiger partial charge in [-0.25, -0.2) is 8.42 Å². The second-order valence-corrected chi connectivity index (χ2v) is 6.66. The summed E-state index contributed by atoms with van der Waals surface area (Å²) in [6.45, 7) is 3.89. The molecule has 1 saturated carbocycles. The number of ether oxygens (including phenoxy) is 1. The molecule has 18 heavy (non-hydrogen) atoms. The Labute approximate surface area is 107 Å². The Kier molecular flexibility index (Phi) is 3.43. The van der Waals surface area contributed by atoms with Crippen LogP contribution >= 0.6 is 0 Å². The molecule has 0 aliphatic heterocycles. The molecule has 0 bridgehead atoms. The van der Waals surface area contributed by atoms with Gasteiger partial charge in [-0.3, -0.25) is 4.79 Å². The normalized spacial score (nSPS) is 22.6. The Hall–Kier alpha value is -1.36. The molecule has 0 aromatic heterocycles. The molecular formula is C13H16O4S. The first kappa shape index (κ1) is 13.1. The molecule has 0 amide bonds. The van der Waals surface area contributed by atoms with Crippen molar-refractivity contribution in [1.82, 2.24) is 0 Å². The van der Waals surface area contributed by atoms with Crippen molar-refractivity contribution in [2.75, 3.05) is 6.61 Å². The minimum absolute atomic E-state index is 0.282. The number of rotatable bonds is 4. The van der Waals surface area contributed by atoms with Gasteiger partial charge < -0.3 is 4.74 Å². The highest BCUT2D eigenvalue weighted by molar-refractivity contribution is 7.92. The fourth-order valence-corrected chi connectivity index (χ4v) is 3.78. The molecule has 0 saturated heterocycles. The summed E-state index contributed by atoms with van der Waals surface area (Å²) in [5.74, 6) is -0.894. The van der Waals surface area contributed by atoms with Crippen LogP contribution in [0.25, 0.3) is 0 Å². The molecule has 5 heteroatoms. The van der Waals surface area contributed by atoms with E-state index in [1.807, 2.05) is 6.92 Å². The van der Waals surface area contributed by atoms with Gasteiger partial charge in [0.05, 0.1) is 22.7 Å². The molecular weight excluding hydrogens is 252 g/mol. The van der Waals surface area contributed by atoms with E-state index in [0.29, 0.717) is 6.42 Å². The highest BCUT2D eigenvalue weighted by Crippen LogP contribution is 2.41. The number of carbonyl (C=O) groups is 1. The molecule has 2 rings (SSSR count). The van der Waals surface area contributed by atoms with Gasteiger partial charge in [0.2, 0.25) is 0 Å². The molecule has 0 spiro atoms. The largest absolute Gasteiger partial charge is 0.466 e. The zero-order chi connectivity index (χ0) is 13.3. The van der Waals surface area contributed by atoms with E-state index in [1.165, 1.54) is 0 Å². The molecule has 1 aliphatic carbocycles. The predicted molar refractivity (Wildman–Crippen MR) is 66.9 cm³/mol. The smallest absolute Gasteiger partial charge is 0.310 e. The number of hydrogen-bond donors (Lipinski definition) is 0. The highest BCUT2D eigenvalue weighted by atomic mass is 32.2. The summed E-state index contributed by atoms with van der Waals surface area (Å²) in [5.41, 5.74) is 1.01. The number of esters is 1. The monoisotopic (exact) mass is 268 g/mol. The first-order chi connectivity index (χ1) is 8.46. The van der Waals surface area contributed by atoms with Crippen molar-refractivity contribution in [3.63, 3.8) is 0 Å². The molecule has 1 fully saturated rings. The molecule has 0 N–H and O–H groups in total. The summed E-state index contributed by atoms with van der Waals surface area (Å²) in [7, 11) is -3.40. The number of hydrogen-bond acceptors (Lipinski definition) is 4. The van der Waals surface area contributed by atoms with E-state index in [0.717, 1.165) is 5.56 Å². The predicted octanol–water partition coefficient (Wildman–Crippen LogP) is 1.72. The lowest BCUT2D eigenvalue weighted by Gasteiger charge is -2.04. The van der Waals surface area contributed by atoms with Crippen LogP contribution in [0.2, 0.25) is 0 Å². The molecule has 98 valence electrons. The van der Waals surface area contributed by atoms with Crippen molar-refractivity contribution in [3.8, 4) is 0 Å². The van der Waals surface area contributed by atoms with Gasteiger partial charge in [0, 0.05) is 0 Å². The Balaban J connectivity index is 2.15. The molecule has 2 unspecified atom stereocenters. The van der Waals surface area contributed by atoms with E-state index in [2.05, 4.69) is 0 Å². The topological polar surface area (TPSA) is 60.4 Å². The quantitative estimate of drug-likeness (QED) is 0.780. The van der Waals surface area contributed by atoms with E-state index in [9.17, 15) is 13.2 Å². The Morgan fingerprint density at radius 3 is 2.50 bits per heavy atom. The maximum absolute atomic E-state index is 12.2. The standard InChI is InChI=1S/C13H16O4S/c1-3-17-13(14)11-8-12(11)18(15,16)10-6-4-9(2)5-7-10/h4-7,11-12H,3,8H2,1-2H3. The second-order valence-electron chi connectivity index (χ2n) is 4.49. The third-order valence-corrected chi connectivity index (χ3v) is 5.32. The highest BCUT2D eigenvalue weighted by Gasteiger charge is 2.53. The van der Waals surface area contributed by atoms with Crippen molar-refractivity contribution in [2.45, 2.75) is 30.4 Å². The van der Waals surface area contributed by atoms with Crippen LogP contribution in [0.1, 0.15) is 18.9 Å². The van der Waals surface area contributed by atoms with Gasteiger partial charge in [0.1, 0.15) is 0 Å². The second kappa shape index (κ2) is 4.72. The van der Waals surface area contributed by atoms with Crippen LogP contribution < -0.4 is 0 Å². The van der Waals surface area contributed by atoms with Crippen LogP contribution in [0.4, 0.5) is 0 Å². The summed E-state index contributed by atoms with van der Waals surface area (Å²) in [6.07, 6.45) is 0.370. The summed E-state index contributed by atoms with van der Waals surface area (Å²) in [4.78, 5) is 11.7. The number of carbonyl (C=O) groups excluding carboxylic acids is 1. The fourth-order valence-electron chi connectivity index (χ4n) is 1.91. The van der Waals surface area contributed by atoms with Gasteiger partial charge in [0.15, 0.2) is 9.84 Å². The van der Waals surface area contributed by atoms with Crippen LogP contribution in [0, 0.1) is 12.8 Å². The van der Waals surface area contributed by atoms with E-state index in [4.69, 9.17) is 4.74 Å². The van der Waals surface area contributed by atoms with Gasteiger partial charge in [-0.1, -0.05) is 17.7 Å². The van der Waals surface area contributed by atoms with Crippen molar-refractivity contribution in [3.05, 3.63) is 29.8 Å². The summed E-state index contributed by atoms with van der Waals surface area (Å²) < 4.78 is 29.3. The Morgan fingerprint density at radius 2 is 1.94 bits per heavy atom. The fraction of sp³-hybridized carbons (Fsp3) is 0.462. The van der Waals surface area contributed by atoms with E-state index in [-0.39, 0.29) is 11.5 Å². The molecule has 2 atom stereocenters. The van der Waals surface area contributed by atoms with Crippen molar-refractivity contribution < 1.29 is 17.9 Å². The third-order valence-electron chi connectivity index (χ3n) is 3.07. The first-order valence-corrected chi connectivity index (χ1v) is 7.48. The minimum atomic E-state index is -3.40. The van der Waals surface area contributed by atoms with Crippen molar-refractivity contribution in [2.24, 2.45) is 5.92 Å². The van der Waals surface area contributed by atoms with Crippen molar-refractivity contribution >= 4 is 15.8 Å². The maximum atomic E-state index is 12.2. The van der Waals surface area contributed by atoms with E-state index in [1.54, 1.807) is 31.2 Å². The van der Waals surface area contributed by atoms with Gasteiger partial charge in [-0.15, -0.1) is 0 Å². The lowest BCUT2D eigenvalue weighted by Crippen LogP contribution is -2.15. The van der Waals surface area contributed by atoms with Gasteiger partial charge >= 0.3 is 5.97 Å². The average Bonchev–Trinajstić information content (AvgIpc) is 3.10. The Bertz CT molecular complexity index is 545. The summed E-state index contributed by atoms with van der Waals surface area (Å²) >= 11 is 0. The lowest BCUT2D eigenvalue weighted by molar-refractivity contribution is -0.144. The number of sulfone groups is 1. The van der Waals surface area contributed by atoms with E-state index >= 15 is 0 Å². The van der Waals surface area contributed by atoms with E-state index < -0.39 is 27.0 Å². The van der Waals surface area contributed by atoms with Gasteiger partial charge in [-0.05, 0) is 32.4 Å². The third kappa shape index (κ3) is 2.41. The average molecular weight is 268 g/mol. The lowest BCUT2D eigenvalue weighted by atomic mass is 10.2. The maximum Gasteiger partial charge on any atom is 0.310 e. The summed E-state index contributed by atoms with van der Waals surface area (Å²) in [5, 5.41) is -0.612. The number of aryl methyl sites for hydroxylation is 1. The minimum Gasteiger partial charge on any atom is -0.466 e. The van der Waals surface area contributed by atoms with Crippen LogP contribution in [-0.2, 0) is 19.4 Å². The van der Waals surface area contributed by atoms with Crippen molar-refractivity contribution in [1.29, 1.82) is 0 Å². The SMILES string of the molecule is CCOC(=O)C1CC1S(=O)(=O)c1ccc(C)cc1. The van der Waals surface area contributed by atoms with Gasteiger partial charge in [-0.2, -0.15) is 0 Å². The molecule has 1 aliphatic rings. The molecule has 4 nitrogen and oxygen atoms in total. The van der Waals surface area contributed by atoms with Crippen LogP contribution in [-0.4, -0.2) is 26.2 Å². The summed E-state index contributed by atoms with van der Waals surface area (Å²) in [6, 6.07) is 6.69.